The molecule has 5 heteroatoms. The average Bonchev–Trinajstić information content (AvgIpc) is 2.38. The largest absolute Gasteiger partial charge is 0.393 e. The third-order valence-corrected chi connectivity index (χ3v) is 3.94. The summed E-state index contributed by atoms with van der Waals surface area (Å²) in [7, 11) is 0. The van der Waals surface area contributed by atoms with E-state index in [0.717, 1.165) is 50.4 Å². The Labute approximate surface area is 119 Å². The topological polar surface area (TPSA) is 49.2 Å². The minimum Gasteiger partial charge on any atom is -0.393 e. The molecule has 0 aromatic carbocycles. The fourth-order valence-electron chi connectivity index (χ4n) is 2.56. The zero-order valence-corrected chi connectivity index (χ0v) is 12.4. The molecule has 0 radical (unpaired) electrons. The van der Waals surface area contributed by atoms with E-state index in [1.807, 2.05) is 13.0 Å². The number of hydrogen-bond acceptors (Lipinski definition) is 4. The highest BCUT2D eigenvalue weighted by Gasteiger charge is 2.23. The lowest BCUT2D eigenvalue weighted by atomic mass is 9.92. The third-order valence-electron chi connectivity index (χ3n) is 3.75. The van der Waals surface area contributed by atoms with Crippen LogP contribution in [0.1, 0.15) is 38.9 Å². The van der Waals surface area contributed by atoms with Crippen molar-refractivity contribution < 1.29 is 5.11 Å². The first-order valence-electron chi connectivity index (χ1n) is 7.06. The molecule has 1 aliphatic heterocycles. The number of aromatic nitrogens is 2. The van der Waals surface area contributed by atoms with Crippen LogP contribution < -0.4 is 4.90 Å². The lowest BCUT2D eigenvalue weighted by Crippen LogP contribution is -2.37. The molecule has 0 aliphatic carbocycles. The monoisotopic (exact) mass is 283 g/mol. The van der Waals surface area contributed by atoms with Crippen LogP contribution in [0.4, 0.5) is 5.82 Å². The van der Waals surface area contributed by atoms with E-state index in [1.54, 1.807) is 0 Å². The Morgan fingerprint density at radius 3 is 2.68 bits per heavy atom. The number of anilines is 1. The number of aliphatic hydroxyl groups excluding tert-OH is 1. The summed E-state index contributed by atoms with van der Waals surface area (Å²) in [5, 5.41) is 10.1. The van der Waals surface area contributed by atoms with E-state index in [1.165, 1.54) is 0 Å². The number of aliphatic hydroxyl groups is 1. The van der Waals surface area contributed by atoms with Crippen molar-refractivity contribution in [3.05, 3.63) is 17.0 Å². The maximum atomic E-state index is 9.63. The van der Waals surface area contributed by atoms with Gasteiger partial charge in [0.2, 0.25) is 0 Å². The molecule has 4 nitrogen and oxygen atoms in total. The Balaban J connectivity index is 2.06. The van der Waals surface area contributed by atoms with Gasteiger partial charge < -0.3 is 10.0 Å². The second-order valence-corrected chi connectivity index (χ2v) is 5.67. The van der Waals surface area contributed by atoms with Crippen molar-refractivity contribution in [1.29, 1.82) is 0 Å². The van der Waals surface area contributed by atoms with E-state index in [4.69, 9.17) is 11.6 Å². The second kappa shape index (κ2) is 6.53. The Kier molecular flexibility index (Phi) is 4.99. The smallest absolute Gasteiger partial charge is 0.134 e. The molecule has 1 unspecified atom stereocenters. The predicted molar refractivity (Wildman–Crippen MR) is 77.7 cm³/mol. The van der Waals surface area contributed by atoms with Crippen LogP contribution in [0.3, 0.4) is 0 Å². The Morgan fingerprint density at radius 2 is 2.11 bits per heavy atom. The first-order valence-corrected chi connectivity index (χ1v) is 7.44. The summed E-state index contributed by atoms with van der Waals surface area (Å²) in [6, 6.07) is 1.84. The molecule has 19 heavy (non-hydrogen) atoms. The zero-order valence-electron chi connectivity index (χ0n) is 11.6. The third kappa shape index (κ3) is 3.80. The summed E-state index contributed by atoms with van der Waals surface area (Å²) >= 11 is 6.07. The van der Waals surface area contributed by atoms with Crippen molar-refractivity contribution in [1.82, 2.24) is 9.97 Å². The number of aryl methyl sites for hydroxylation is 1. The molecule has 1 fully saturated rings. The zero-order chi connectivity index (χ0) is 13.8. The Morgan fingerprint density at radius 1 is 1.42 bits per heavy atom. The highest BCUT2D eigenvalue weighted by Crippen LogP contribution is 2.25. The van der Waals surface area contributed by atoms with Gasteiger partial charge in [-0.3, -0.25) is 0 Å². The molecule has 2 rings (SSSR count). The molecule has 106 valence electrons. The van der Waals surface area contributed by atoms with Crippen LogP contribution in [0.2, 0.25) is 5.15 Å². The van der Waals surface area contributed by atoms with Crippen molar-refractivity contribution in [3.8, 4) is 0 Å². The van der Waals surface area contributed by atoms with Gasteiger partial charge in [-0.2, -0.15) is 0 Å². The molecular weight excluding hydrogens is 262 g/mol. The van der Waals surface area contributed by atoms with Crippen LogP contribution in [-0.2, 0) is 6.42 Å². The van der Waals surface area contributed by atoms with Crippen molar-refractivity contribution in [2.24, 2.45) is 5.92 Å². The molecule has 1 aliphatic rings. The summed E-state index contributed by atoms with van der Waals surface area (Å²) in [6.07, 6.45) is 3.67. The van der Waals surface area contributed by atoms with Crippen molar-refractivity contribution in [3.63, 3.8) is 0 Å². The van der Waals surface area contributed by atoms with Gasteiger partial charge in [0.25, 0.3) is 0 Å². The summed E-state index contributed by atoms with van der Waals surface area (Å²) in [6.45, 7) is 5.84. The van der Waals surface area contributed by atoms with Gasteiger partial charge in [-0.1, -0.05) is 18.5 Å². The van der Waals surface area contributed by atoms with Crippen LogP contribution in [-0.4, -0.2) is 34.3 Å². The van der Waals surface area contributed by atoms with E-state index in [9.17, 15) is 5.11 Å². The maximum Gasteiger partial charge on any atom is 0.134 e. The molecule has 0 spiro atoms. The van der Waals surface area contributed by atoms with Gasteiger partial charge in [0.15, 0.2) is 0 Å². The van der Waals surface area contributed by atoms with Gasteiger partial charge in [-0.25, -0.2) is 9.97 Å². The van der Waals surface area contributed by atoms with Crippen molar-refractivity contribution >= 4 is 17.4 Å². The number of nitrogens with zero attached hydrogens (tertiary/aromatic N) is 3. The predicted octanol–water partition coefficient (Wildman–Crippen LogP) is 2.68. The van der Waals surface area contributed by atoms with Crippen LogP contribution in [0, 0.1) is 5.92 Å². The standard InChI is InChI=1S/C14H22ClN3O/c1-3-4-13-16-12(15)9-14(17-13)18-7-5-11(6-8-18)10(2)19/h9-11,19H,3-8H2,1-2H3. The lowest BCUT2D eigenvalue weighted by Gasteiger charge is -2.34. The van der Waals surface area contributed by atoms with Gasteiger partial charge in [0.1, 0.15) is 16.8 Å². The number of piperidine rings is 1. The molecule has 2 heterocycles. The first kappa shape index (κ1) is 14.5. The van der Waals surface area contributed by atoms with E-state index < -0.39 is 0 Å². The number of halogens is 1. The first-order chi connectivity index (χ1) is 9.10. The summed E-state index contributed by atoms with van der Waals surface area (Å²) in [5.41, 5.74) is 0. The van der Waals surface area contributed by atoms with Crippen LogP contribution in [0.15, 0.2) is 6.07 Å². The lowest BCUT2D eigenvalue weighted by molar-refractivity contribution is 0.110. The fourth-order valence-corrected chi connectivity index (χ4v) is 2.76. The molecule has 1 saturated heterocycles. The van der Waals surface area contributed by atoms with Crippen molar-refractivity contribution in [2.45, 2.75) is 45.6 Å². The highest BCUT2D eigenvalue weighted by atomic mass is 35.5. The quantitative estimate of drug-likeness (QED) is 0.863. The minimum atomic E-state index is -0.216. The van der Waals surface area contributed by atoms with Crippen LogP contribution >= 0.6 is 11.6 Å². The highest BCUT2D eigenvalue weighted by molar-refractivity contribution is 6.29. The second-order valence-electron chi connectivity index (χ2n) is 5.28. The summed E-state index contributed by atoms with van der Waals surface area (Å²) in [4.78, 5) is 11.1. The van der Waals surface area contributed by atoms with Gasteiger partial charge in [-0.15, -0.1) is 0 Å². The normalized spacial score (nSPS) is 18.6. The maximum absolute atomic E-state index is 9.63. The van der Waals surface area contributed by atoms with Gasteiger partial charge >= 0.3 is 0 Å². The van der Waals surface area contributed by atoms with E-state index in [-0.39, 0.29) is 6.10 Å². The number of rotatable bonds is 4. The SMILES string of the molecule is CCCc1nc(Cl)cc(N2CCC(C(C)O)CC2)n1. The molecule has 1 N–H and O–H groups in total. The molecule has 0 bridgehead atoms. The Hall–Kier alpha value is -0.870. The molecule has 0 saturated carbocycles. The van der Waals surface area contributed by atoms with Gasteiger partial charge in [-0.05, 0) is 32.1 Å². The minimum absolute atomic E-state index is 0.216. The molecule has 1 atom stereocenters. The average molecular weight is 284 g/mol. The summed E-state index contributed by atoms with van der Waals surface area (Å²) in [5.74, 6) is 2.15. The fraction of sp³-hybridized carbons (Fsp3) is 0.714. The van der Waals surface area contributed by atoms with Gasteiger partial charge in [0.05, 0.1) is 6.10 Å². The van der Waals surface area contributed by atoms with E-state index in [0.29, 0.717) is 11.1 Å². The molecule has 0 amide bonds. The van der Waals surface area contributed by atoms with Gasteiger partial charge in [0, 0.05) is 25.6 Å². The summed E-state index contributed by atoms with van der Waals surface area (Å²) < 4.78 is 0. The van der Waals surface area contributed by atoms with E-state index in [2.05, 4.69) is 21.8 Å². The van der Waals surface area contributed by atoms with Crippen LogP contribution in [0.5, 0.6) is 0 Å². The van der Waals surface area contributed by atoms with E-state index >= 15 is 0 Å². The molecule has 1 aromatic rings. The van der Waals surface area contributed by atoms with Crippen LogP contribution in [0.25, 0.3) is 0 Å². The molecular formula is C14H22ClN3O. The molecule has 1 aromatic heterocycles. The number of hydrogen-bond donors (Lipinski definition) is 1. The van der Waals surface area contributed by atoms with Crippen molar-refractivity contribution in [2.75, 3.05) is 18.0 Å². The Bertz CT molecular complexity index is 417.